The maximum Gasteiger partial charge on any atom is 0.177 e. The monoisotopic (exact) mass is 302 g/mol. The van der Waals surface area contributed by atoms with Gasteiger partial charge in [0.1, 0.15) is 5.15 Å². The zero-order chi connectivity index (χ0) is 12.7. The molecule has 2 aromatic heterocycles. The second-order valence-corrected chi connectivity index (χ2v) is 5.20. The Balaban J connectivity index is 2.08. The van der Waals surface area contributed by atoms with Crippen LogP contribution in [0.1, 0.15) is 30.0 Å². The zero-order valence-electron chi connectivity index (χ0n) is 9.28. The fraction of sp³-hybridized carbons (Fsp3) is 0.364. The average Bonchev–Trinajstić information content (AvgIpc) is 3.15. The van der Waals surface area contributed by atoms with Crippen molar-refractivity contribution in [1.29, 1.82) is 0 Å². The fourth-order valence-electron chi connectivity index (χ4n) is 1.83. The van der Waals surface area contributed by atoms with Crippen molar-refractivity contribution < 1.29 is 0 Å². The quantitative estimate of drug-likeness (QED) is 0.814. The van der Waals surface area contributed by atoms with Gasteiger partial charge in [0.2, 0.25) is 0 Å². The summed E-state index contributed by atoms with van der Waals surface area (Å²) < 4.78 is 1.57. The third-order valence-electron chi connectivity index (χ3n) is 2.88. The Bertz CT molecular complexity index is 575. The average molecular weight is 304 g/mol. The lowest BCUT2D eigenvalue weighted by atomic mass is 10.2. The van der Waals surface area contributed by atoms with Crippen LogP contribution in [-0.4, -0.2) is 20.0 Å². The molecule has 0 amide bonds. The van der Waals surface area contributed by atoms with Crippen molar-refractivity contribution >= 4 is 34.8 Å². The van der Waals surface area contributed by atoms with Crippen molar-refractivity contribution in [1.82, 2.24) is 20.0 Å². The molecule has 0 aromatic carbocycles. The standard InChI is InChI=1S/C11H9Cl3N4/c12-5-7-10(6-1-2-6)17-18(11(7)14)9-4-3-8(13)15-16-9/h3-4,6H,1-2,5H2. The molecular weight excluding hydrogens is 295 g/mol. The minimum Gasteiger partial charge on any atom is -0.201 e. The number of rotatable bonds is 3. The highest BCUT2D eigenvalue weighted by molar-refractivity contribution is 6.31. The molecule has 1 aliphatic rings. The molecule has 18 heavy (non-hydrogen) atoms. The summed E-state index contributed by atoms with van der Waals surface area (Å²) in [6.07, 6.45) is 2.28. The van der Waals surface area contributed by atoms with Crippen LogP contribution >= 0.6 is 34.8 Å². The van der Waals surface area contributed by atoms with Gasteiger partial charge in [-0.2, -0.15) is 5.10 Å². The fourth-order valence-corrected chi connectivity index (χ4v) is 2.55. The van der Waals surface area contributed by atoms with E-state index in [2.05, 4.69) is 15.3 Å². The van der Waals surface area contributed by atoms with Crippen molar-refractivity contribution in [3.63, 3.8) is 0 Å². The van der Waals surface area contributed by atoms with Crippen LogP contribution in [0.15, 0.2) is 12.1 Å². The summed E-state index contributed by atoms with van der Waals surface area (Å²) in [4.78, 5) is 0. The smallest absolute Gasteiger partial charge is 0.177 e. The van der Waals surface area contributed by atoms with E-state index in [1.54, 1.807) is 16.8 Å². The van der Waals surface area contributed by atoms with E-state index in [9.17, 15) is 0 Å². The number of aromatic nitrogens is 4. The van der Waals surface area contributed by atoms with E-state index in [0.717, 1.165) is 24.1 Å². The van der Waals surface area contributed by atoms with E-state index in [4.69, 9.17) is 34.8 Å². The molecule has 2 aromatic rings. The molecule has 0 aliphatic heterocycles. The maximum atomic E-state index is 6.29. The number of nitrogens with zero attached hydrogens (tertiary/aromatic N) is 4. The number of alkyl halides is 1. The highest BCUT2D eigenvalue weighted by atomic mass is 35.5. The van der Waals surface area contributed by atoms with Gasteiger partial charge in [-0.1, -0.05) is 23.2 Å². The molecule has 4 nitrogen and oxygen atoms in total. The Morgan fingerprint density at radius 1 is 1.22 bits per heavy atom. The molecule has 0 saturated heterocycles. The lowest BCUT2D eigenvalue weighted by Gasteiger charge is -2.00. The molecule has 0 N–H and O–H groups in total. The minimum atomic E-state index is 0.335. The van der Waals surface area contributed by atoms with E-state index in [0.29, 0.717) is 27.9 Å². The Labute approximate surface area is 119 Å². The first-order chi connectivity index (χ1) is 8.70. The third-order valence-corrected chi connectivity index (χ3v) is 3.74. The Kier molecular flexibility index (Phi) is 3.18. The van der Waals surface area contributed by atoms with E-state index in [-0.39, 0.29) is 0 Å². The second kappa shape index (κ2) is 4.68. The molecule has 1 aliphatic carbocycles. The van der Waals surface area contributed by atoms with Crippen LogP contribution in [-0.2, 0) is 5.88 Å². The first-order valence-electron chi connectivity index (χ1n) is 5.53. The van der Waals surface area contributed by atoms with Crippen LogP contribution in [0.25, 0.3) is 5.82 Å². The van der Waals surface area contributed by atoms with E-state index in [1.165, 1.54) is 0 Å². The van der Waals surface area contributed by atoms with Crippen molar-refractivity contribution in [2.24, 2.45) is 0 Å². The normalized spacial score (nSPS) is 15.1. The number of halogens is 3. The molecule has 94 valence electrons. The van der Waals surface area contributed by atoms with Gasteiger partial charge in [-0.25, -0.2) is 4.68 Å². The molecule has 0 radical (unpaired) electrons. The minimum absolute atomic E-state index is 0.335. The van der Waals surface area contributed by atoms with Crippen LogP contribution in [0.5, 0.6) is 0 Å². The van der Waals surface area contributed by atoms with Gasteiger partial charge in [0, 0.05) is 11.5 Å². The van der Waals surface area contributed by atoms with Gasteiger partial charge in [0.15, 0.2) is 11.0 Å². The summed E-state index contributed by atoms with van der Waals surface area (Å²) in [6, 6.07) is 3.38. The zero-order valence-corrected chi connectivity index (χ0v) is 11.5. The maximum absolute atomic E-state index is 6.29. The highest BCUT2D eigenvalue weighted by Gasteiger charge is 2.31. The summed E-state index contributed by atoms with van der Waals surface area (Å²) in [6.45, 7) is 0. The van der Waals surface area contributed by atoms with Crippen LogP contribution in [0, 0.1) is 0 Å². The first kappa shape index (κ1) is 12.2. The van der Waals surface area contributed by atoms with E-state index in [1.807, 2.05) is 0 Å². The molecule has 7 heteroatoms. The van der Waals surface area contributed by atoms with Gasteiger partial charge in [0.25, 0.3) is 0 Å². The predicted octanol–water partition coefficient (Wildman–Crippen LogP) is 3.59. The number of hydrogen-bond donors (Lipinski definition) is 0. The van der Waals surface area contributed by atoms with Crippen molar-refractivity contribution in [3.8, 4) is 5.82 Å². The van der Waals surface area contributed by atoms with E-state index >= 15 is 0 Å². The molecule has 2 heterocycles. The summed E-state index contributed by atoms with van der Waals surface area (Å²) >= 11 is 17.9. The van der Waals surface area contributed by atoms with Crippen molar-refractivity contribution in [2.45, 2.75) is 24.6 Å². The van der Waals surface area contributed by atoms with Crippen LogP contribution in [0.4, 0.5) is 0 Å². The third kappa shape index (κ3) is 2.09. The Hall–Kier alpha value is -0.840. The lowest BCUT2D eigenvalue weighted by molar-refractivity contribution is 0.790. The molecular formula is C11H9Cl3N4. The van der Waals surface area contributed by atoms with Gasteiger partial charge in [-0.3, -0.25) is 0 Å². The Morgan fingerprint density at radius 2 is 2.00 bits per heavy atom. The summed E-state index contributed by atoms with van der Waals surface area (Å²) in [5.74, 6) is 1.38. The summed E-state index contributed by atoms with van der Waals surface area (Å²) in [5, 5.41) is 13.1. The van der Waals surface area contributed by atoms with Gasteiger partial charge >= 0.3 is 0 Å². The molecule has 0 bridgehead atoms. The molecule has 0 unspecified atom stereocenters. The van der Waals surface area contributed by atoms with Gasteiger partial charge in [-0.15, -0.1) is 21.8 Å². The molecule has 0 spiro atoms. The molecule has 1 saturated carbocycles. The second-order valence-electron chi connectivity index (χ2n) is 4.19. The first-order valence-corrected chi connectivity index (χ1v) is 6.82. The molecule has 1 fully saturated rings. The predicted molar refractivity (Wildman–Crippen MR) is 70.7 cm³/mol. The van der Waals surface area contributed by atoms with E-state index < -0.39 is 0 Å². The SMILES string of the molecule is ClCc1c(C2CC2)nn(-c2ccc(Cl)nn2)c1Cl. The topological polar surface area (TPSA) is 43.6 Å². The largest absolute Gasteiger partial charge is 0.201 e. The molecule has 3 rings (SSSR count). The Morgan fingerprint density at radius 3 is 2.56 bits per heavy atom. The van der Waals surface area contributed by atoms with Gasteiger partial charge in [-0.05, 0) is 25.0 Å². The van der Waals surface area contributed by atoms with Crippen molar-refractivity contribution in [2.75, 3.05) is 0 Å². The number of hydrogen-bond acceptors (Lipinski definition) is 3. The van der Waals surface area contributed by atoms with Crippen LogP contribution < -0.4 is 0 Å². The molecule has 0 atom stereocenters. The van der Waals surface area contributed by atoms with Gasteiger partial charge < -0.3 is 0 Å². The van der Waals surface area contributed by atoms with Crippen LogP contribution in [0.2, 0.25) is 10.3 Å². The highest BCUT2D eigenvalue weighted by Crippen LogP contribution is 2.43. The lowest BCUT2D eigenvalue weighted by Crippen LogP contribution is -2.01. The van der Waals surface area contributed by atoms with Crippen molar-refractivity contribution in [3.05, 3.63) is 33.7 Å². The van der Waals surface area contributed by atoms with Gasteiger partial charge in [0.05, 0.1) is 11.6 Å². The van der Waals surface area contributed by atoms with Crippen LogP contribution in [0.3, 0.4) is 0 Å². The summed E-state index contributed by atoms with van der Waals surface area (Å²) in [7, 11) is 0. The summed E-state index contributed by atoms with van der Waals surface area (Å²) in [5.41, 5.74) is 1.87.